The molecule has 5 aliphatic rings. The Balaban J connectivity index is 0.818. The number of carbonyl (C=O) groups excluding carboxylic acids is 3. The van der Waals surface area contributed by atoms with E-state index in [9.17, 15) is 23.2 Å². The number of carbonyl (C=O) groups is 3. The number of nitrogens with zero attached hydrogens (tertiary/aromatic N) is 8. The van der Waals surface area contributed by atoms with Crippen molar-refractivity contribution in [1.82, 2.24) is 34.2 Å². The van der Waals surface area contributed by atoms with Crippen LogP contribution in [0.2, 0.25) is 0 Å². The average molecular weight is 750 g/mol. The van der Waals surface area contributed by atoms with Crippen molar-refractivity contribution >= 4 is 34.9 Å². The first-order valence-electron chi connectivity index (χ1n) is 19.9. The molecule has 1 N–H and O–H groups in total. The fraction of sp³-hybridized carbons (Fsp3) is 0.692. The second kappa shape index (κ2) is 14.5. The van der Waals surface area contributed by atoms with E-state index < -0.39 is 23.6 Å². The van der Waals surface area contributed by atoms with Crippen LogP contribution in [0.3, 0.4) is 0 Å². The SMILES string of the molecule is CC(C)(C)OC(=O)N1CCC2(CCC(CCN3CCC(n4cc(NC(=O)c5cnn6ccc(N7C[C@H]8C[C@@H]7CC8=O)nc56)c(C(F)F)n4)CC3)CC2)CC1. The summed E-state index contributed by atoms with van der Waals surface area (Å²) in [7, 11) is 0. The Morgan fingerprint density at radius 3 is 2.43 bits per heavy atom. The normalized spacial score (nSPS) is 24.0. The molecule has 15 heteroatoms. The van der Waals surface area contributed by atoms with Gasteiger partial charge in [0.25, 0.3) is 12.3 Å². The number of hydrogen-bond donors (Lipinski definition) is 1. The zero-order valence-electron chi connectivity index (χ0n) is 31.7. The van der Waals surface area contributed by atoms with Crippen LogP contribution in [-0.4, -0.2) is 103 Å². The molecule has 13 nitrogen and oxygen atoms in total. The van der Waals surface area contributed by atoms with Gasteiger partial charge < -0.3 is 24.8 Å². The molecular weight excluding hydrogens is 696 g/mol. The molecule has 3 aromatic heterocycles. The lowest BCUT2D eigenvalue weighted by molar-refractivity contribution is -0.120. The minimum atomic E-state index is -2.85. The van der Waals surface area contributed by atoms with Crippen molar-refractivity contribution in [3.63, 3.8) is 0 Å². The zero-order chi connectivity index (χ0) is 37.8. The number of halogens is 2. The number of rotatable bonds is 8. The number of fused-ring (bicyclic) bond motifs is 3. The molecule has 0 unspecified atom stereocenters. The van der Waals surface area contributed by atoms with Crippen LogP contribution < -0.4 is 10.2 Å². The van der Waals surface area contributed by atoms with Crippen LogP contribution in [-0.2, 0) is 9.53 Å². The summed E-state index contributed by atoms with van der Waals surface area (Å²) in [6.07, 6.45) is 12.7. The first kappa shape index (κ1) is 36.8. The van der Waals surface area contributed by atoms with E-state index in [2.05, 4.69) is 25.3 Å². The molecule has 2 amide bonds. The van der Waals surface area contributed by atoms with Gasteiger partial charge in [-0.3, -0.25) is 14.3 Å². The fourth-order valence-electron chi connectivity index (χ4n) is 9.58. The molecule has 2 atom stereocenters. The number of nitrogens with one attached hydrogen (secondary N) is 1. The van der Waals surface area contributed by atoms with Crippen LogP contribution in [0, 0.1) is 17.3 Å². The second-order valence-electron chi connectivity index (χ2n) is 17.5. The molecular formula is C39H53F2N9O4. The van der Waals surface area contributed by atoms with E-state index >= 15 is 0 Å². The third-order valence-corrected chi connectivity index (χ3v) is 12.8. The average Bonchev–Trinajstić information content (AvgIpc) is 3.94. The summed E-state index contributed by atoms with van der Waals surface area (Å²) in [6.45, 7) is 10.7. The van der Waals surface area contributed by atoms with Crippen molar-refractivity contribution in [2.45, 2.75) is 116 Å². The lowest BCUT2D eigenvalue weighted by Gasteiger charge is -2.46. The summed E-state index contributed by atoms with van der Waals surface area (Å²) >= 11 is 0. The zero-order valence-corrected chi connectivity index (χ0v) is 31.7. The van der Waals surface area contributed by atoms with Gasteiger partial charge in [0.05, 0.1) is 17.9 Å². The van der Waals surface area contributed by atoms with Crippen LogP contribution in [0.15, 0.2) is 24.7 Å². The number of ketones is 1. The Morgan fingerprint density at radius 2 is 1.78 bits per heavy atom. The van der Waals surface area contributed by atoms with Gasteiger partial charge in [0.1, 0.15) is 22.8 Å². The summed E-state index contributed by atoms with van der Waals surface area (Å²) in [5.41, 5.74) is -0.0638. The number of piperidine rings is 3. The number of alkyl halides is 2. The van der Waals surface area contributed by atoms with E-state index in [0.29, 0.717) is 41.5 Å². The van der Waals surface area contributed by atoms with Crippen LogP contribution in [0.5, 0.6) is 0 Å². The lowest BCUT2D eigenvalue weighted by atomic mass is 9.65. The van der Waals surface area contributed by atoms with Crippen molar-refractivity contribution in [3.8, 4) is 0 Å². The number of ether oxygens (including phenoxy) is 1. The molecule has 6 heterocycles. The molecule has 5 fully saturated rings. The van der Waals surface area contributed by atoms with Crippen LogP contribution in [0.25, 0.3) is 5.65 Å². The number of anilines is 2. The molecule has 8 rings (SSSR count). The molecule has 0 radical (unpaired) electrons. The van der Waals surface area contributed by atoms with Gasteiger partial charge in [-0.25, -0.2) is 23.1 Å². The van der Waals surface area contributed by atoms with E-state index in [1.807, 2.05) is 31.7 Å². The van der Waals surface area contributed by atoms with Crippen molar-refractivity contribution in [2.24, 2.45) is 17.3 Å². The van der Waals surface area contributed by atoms with E-state index in [4.69, 9.17) is 9.72 Å². The highest BCUT2D eigenvalue weighted by molar-refractivity contribution is 6.08. The third kappa shape index (κ3) is 7.57. The molecule has 0 aromatic carbocycles. The van der Waals surface area contributed by atoms with Gasteiger partial charge >= 0.3 is 6.09 Å². The minimum absolute atomic E-state index is 0.00566. The van der Waals surface area contributed by atoms with Gasteiger partial charge in [0.15, 0.2) is 11.3 Å². The van der Waals surface area contributed by atoms with Gasteiger partial charge in [-0.2, -0.15) is 10.2 Å². The molecule has 54 heavy (non-hydrogen) atoms. The van der Waals surface area contributed by atoms with Crippen molar-refractivity contribution < 1.29 is 27.9 Å². The molecule has 292 valence electrons. The predicted molar refractivity (Wildman–Crippen MR) is 198 cm³/mol. The summed E-state index contributed by atoms with van der Waals surface area (Å²) in [5.74, 6) is 1.12. The van der Waals surface area contributed by atoms with Crippen molar-refractivity contribution in [2.75, 3.05) is 49.5 Å². The minimum Gasteiger partial charge on any atom is -0.444 e. The van der Waals surface area contributed by atoms with E-state index in [1.165, 1.54) is 42.6 Å². The number of hydrogen-bond acceptors (Lipinski definition) is 9. The smallest absolute Gasteiger partial charge is 0.410 e. The Labute approximate surface area is 314 Å². The number of aromatic nitrogens is 5. The van der Waals surface area contributed by atoms with Gasteiger partial charge in [-0.05, 0) is 109 Å². The van der Waals surface area contributed by atoms with E-state index in [1.54, 1.807) is 10.9 Å². The Kier molecular flexibility index (Phi) is 9.88. The standard InChI is InChI=1S/C39H53F2N9O4/c1-38(2,3)54-37(53)47-18-12-39(13-19-47)10-4-25(5-11-39)6-14-46-15-7-27(8-16-46)50-24-30(33(45-50)34(40)41)43-36(52)29-22-42-49-17-9-32(44-35(29)49)48-23-26-20-28(48)21-31(26)51/h9,17,22,24-28,34H,4-8,10-16,18-21,23H2,1-3H3,(H,43,52)/t26-,28-/m1/s1. The maximum absolute atomic E-state index is 14.2. The largest absolute Gasteiger partial charge is 0.444 e. The quantitative estimate of drug-likeness (QED) is 0.274. The topological polar surface area (TPSA) is 130 Å². The fourth-order valence-corrected chi connectivity index (χ4v) is 9.58. The molecule has 1 spiro atoms. The molecule has 2 saturated carbocycles. The van der Waals surface area contributed by atoms with Crippen LogP contribution in [0.1, 0.15) is 120 Å². The molecule has 3 aromatic rings. The third-order valence-electron chi connectivity index (χ3n) is 12.8. The van der Waals surface area contributed by atoms with Crippen molar-refractivity contribution in [1.29, 1.82) is 0 Å². The van der Waals surface area contributed by atoms with Gasteiger partial charge in [-0.15, -0.1) is 0 Å². The lowest BCUT2D eigenvalue weighted by Crippen LogP contribution is -2.46. The first-order valence-corrected chi connectivity index (χ1v) is 19.9. The summed E-state index contributed by atoms with van der Waals surface area (Å²) in [6, 6.07) is 1.90. The number of amides is 2. The molecule has 2 bridgehead atoms. The van der Waals surface area contributed by atoms with Crippen LogP contribution in [0.4, 0.5) is 25.1 Å². The van der Waals surface area contributed by atoms with Gasteiger partial charge in [-0.1, -0.05) is 0 Å². The Bertz CT molecular complexity index is 1860. The first-order chi connectivity index (χ1) is 25.8. The van der Waals surface area contributed by atoms with Crippen LogP contribution >= 0.6 is 0 Å². The van der Waals surface area contributed by atoms with Crippen molar-refractivity contribution in [3.05, 3.63) is 35.9 Å². The van der Waals surface area contributed by atoms with E-state index in [0.717, 1.165) is 71.2 Å². The monoisotopic (exact) mass is 749 g/mol. The highest BCUT2D eigenvalue weighted by atomic mass is 19.3. The highest BCUT2D eigenvalue weighted by Crippen LogP contribution is 2.47. The van der Waals surface area contributed by atoms with Gasteiger partial charge in [0.2, 0.25) is 0 Å². The van der Waals surface area contributed by atoms with Gasteiger partial charge in [0, 0.05) is 63.5 Å². The summed E-state index contributed by atoms with van der Waals surface area (Å²) in [5, 5.41) is 11.2. The number of Topliss-reactive ketones (excluding diaryl/α,β-unsaturated/α-hetero) is 1. The molecule has 3 saturated heterocycles. The Hall–Kier alpha value is -4.14. The second-order valence-corrected chi connectivity index (χ2v) is 17.5. The maximum atomic E-state index is 14.2. The molecule has 3 aliphatic heterocycles. The highest BCUT2D eigenvalue weighted by Gasteiger charge is 2.44. The summed E-state index contributed by atoms with van der Waals surface area (Å²) in [4.78, 5) is 49.3. The summed E-state index contributed by atoms with van der Waals surface area (Å²) < 4.78 is 37.1. The predicted octanol–water partition coefficient (Wildman–Crippen LogP) is 6.52. The Morgan fingerprint density at radius 1 is 1.04 bits per heavy atom. The maximum Gasteiger partial charge on any atom is 0.410 e. The van der Waals surface area contributed by atoms with E-state index in [-0.39, 0.29) is 35.3 Å². The molecule has 2 aliphatic carbocycles. The number of likely N-dealkylation sites (tertiary alicyclic amines) is 2.